The lowest BCUT2D eigenvalue weighted by molar-refractivity contribution is -0.0110. The van der Waals surface area contributed by atoms with E-state index in [0.29, 0.717) is 18.1 Å². The van der Waals surface area contributed by atoms with E-state index in [2.05, 4.69) is 19.2 Å². The monoisotopic (exact) mass is 201 g/mol. The summed E-state index contributed by atoms with van der Waals surface area (Å²) in [5.74, 6) is 0.603. The van der Waals surface area contributed by atoms with Crippen LogP contribution in [-0.4, -0.2) is 39.0 Å². The fourth-order valence-electron chi connectivity index (χ4n) is 1.82. The Hall–Kier alpha value is -0.120. The summed E-state index contributed by atoms with van der Waals surface area (Å²) in [6.07, 6.45) is 2.86. The van der Waals surface area contributed by atoms with Gasteiger partial charge < -0.3 is 14.8 Å². The molecule has 1 rings (SSSR count). The first-order chi connectivity index (χ1) is 6.76. The normalized spacial score (nSPS) is 28.5. The zero-order chi connectivity index (χ0) is 10.4. The van der Waals surface area contributed by atoms with Crippen molar-refractivity contribution in [1.82, 2.24) is 5.32 Å². The van der Waals surface area contributed by atoms with Crippen LogP contribution in [0.3, 0.4) is 0 Å². The summed E-state index contributed by atoms with van der Waals surface area (Å²) in [6, 6.07) is 0.672. The van der Waals surface area contributed by atoms with E-state index in [0.717, 1.165) is 19.8 Å². The fraction of sp³-hybridized carbons (Fsp3) is 1.00. The fourth-order valence-corrected chi connectivity index (χ4v) is 1.82. The van der Waals surface area contributed by atoms with Gasteiger partial charge in [-0.2, -0.15) is 0 Å². The molecule has 0 aromatic rings. The Balaban J connectivity index is 1.95. The van der Waals surface area contributed by atoms with Crippen molar-refractivity contribution in [1.29, 1.82) is 0 Å². The molecule has 0 radical (unpaired) electrons. The van der Waals surface area contributed by atoms with Crippen LogP contribution in [-0.2, 0) is 9.47 Å². The summed E-state index contributed by atoms with van der Waals surface area (Å²) in [6.45, 7) is 7.00. The SMILES string of the molecule is CCOC1CC(NCC(C)COC)C1. The van der Waals surface area contributed by atoms with E-state index in [-0.39, 0.29) is 0 Å². The van der Waals surface area contributed by atoms with Crippen molar-refractivity contribution in [3.63, 3.8) is 0 Å². The second-order valence-electron chi connectivity index (χ2n) is 4.21. The molecule has 3 heteroatoms. The molecule has 1 aliphatic carbocycles. The van der Waals surface area contributed by atoms with Crippen LogP contribution in [0.4, 0.5) is 0 Å². The van der Waals surface area contributed by atoms with Gasteiger partial charge in [-0.1, -0.05) is 6.92 Å². The third kappa shape index (κ3) is 3.95. The van der Waals surface area contributed by atoms with Crippen molar-refractivity contribution in [2.45, 2.75) is 38.8 Å². The average molecular weight is 201 g/mol. The quantitative estimate of drug-likeness (QED) is 0.676. The lowest BCUT2D eigenvalue weighted by atomic mass is 9.89. The van der Waals surface area contributed by atoms with Crippen LogP contribution in [0.25, 0.3) is 0 Å². The largest absolute Gasteiger partial charge is 0.384 e. The first-order valence-corrected chi connectivity index (χ1v) is 5.60. The van der Waals surface area contributed by atoms with Crippen LogP contribution in [0.15, 0.2) is 0 Å². The van der Waals surface area contributed by atoms with Crippen LogP contribution < -0.4 is 5.32 Å². The van der Waals surface area contributed by atoms with Gasteiger partial charge in [-0.25, -0.2) is 0 Å². The maximum atomic E-state index is 5.50. The van der Waals surface area contributed by atoms with Crippen molar-refractivity contribution in [2.75, 3.05) is 26.9 Å². The van der Waals surface area contributed by atoms with Gasteiger partial charge in [-0.3, -0.25) is 0 Å². The lowest BCUT2D eigenvalue weighted by Gasteiger charge is -2.36. The van der Waals surface area contributed by atoms with Crippen LogP contribution in [0.1, 0.15) is 26.7 Å². The zero-order valence-electron chi connectivity index (χ0n) is 9.58. The van der Waals surface area contributed by atoms with Crippen molar-refractivity contribution >= 4 is 0 Å². The molecule has 0 aliphatic heterocycles. The highest BCUT2D eigenvalue weighted by molar-refractivity contribution is 4.86. The Morgan fingerprint density at radius 3 is 2.71 bits per heavy atom. The van der Waals surface area contributed by atoms with Gasteiger partial charge in [0.2, 0.25) is 0 Å². The lowest BCUT2D eigenvalue weighted by Crippen LogP contribution is -2.47. The highest BCUT2D eigenvalue weighted by Gasteiger charge is 2.28. The summed E-state index contributed by atoms with van der Waals surface area (Å²) in [5.41, 5.74) is 0. The molecule has 0 aromatic heterocycles. The molecular weight excluding hydrogens is 178 g/mol. The molecule has 0 bridgehead atoms. The Labute approximate surface area is 87.2 Å². The van der Waals surface area contributed by atoms with E-state index < -0.39 is 0 Å². The Kier molecular flexibility index (Phi) is 5.45. The molecule has 0 heterocycles. The molecule has 1 atom stereocenters. The third-order valence-corrected chi connectivity index (χ3v) is 2.70. The number of methoxy groups -OCH3 is 1. The van der Waals surface area contributed by atoms with Gasteiger partial charge in [0.15, 0.2) is 0 Å². The van der Waals surface area contributed by atoms with Crippen LogP contribution in [0.5, 0.6) is 0 Å². The van der Waals surface area contributed by atoms with E-state index in [1.807, 2.05) is 0 Å². The minimum Gasteiger partial charge on any atom is -0.384 e. The molecule has 0 saturated heterocycles. The standard InChI is InChI=1S/C11H23NO2/c1-4-14-11-5-10(6-11)12-7-9(2)8-13-3/h9-12H,4-8H2,1-3H3. The van der Waals surface area contributed by atoms with Gasteiger partial charge in [0.05, 0.1) is 6.10 Å². The summed E-state index contributed by atoms with van der Waals surface area (Å²) >= 11 is 0. The maximum absolute atomic E-state index is 5.50. The van der Waals surface area contributed by atoms with Gasteiger partial charge >= 0.3 is 0 Å². The third-order valence-electron chi connectivity index (χ3n) is 2.70. The molecule has 84 valence electrons. The summed E-state index contributed by atoms with van der Waals surface area (Å²) in [7, 11) is 1.75. The minimum atomic E-state index is 0.509. The smallest absolute Gasteiger partial charge is 0.0604 e. The molecule has 1 fully saturated rings. The first kappa shape index (κ1) is 12.0. The van der Waals surface area contributed by atoms with Crippen molar-refractivity contribution in [3.05, 3.63) is 0 Å². The van der Waals surface area contributed by atoms with Crippen LogP contribution in [0, 0.1) is 5.92 Å². The van der Waals surface area contributed by atoms with Crippen molar-refractivity contribution < 1.29 is 9.47 Å². The second-order valence-corrected chi connectivity index (χ2v) is 4.21. The molecule has 0 spiro atoms. The Morgan fingerprint density at radius 1 is 1.43 bits per heavy atom. The van der Waals surface area contributed by atoms with E-state index in [4.69, 9.17) is 9.47 Å². The van der Waals surface area contributed by atoms with Gasteiger partial charge in [0.25, 0.3) is 0 Å². The van der Waals surface area contributed by atoms with Gasteiger partial charge in [-0.15, -0.1) is 0 Å². The topological polar surface area (TPSA) is 30.5 Å². The molecule has 1 N–H and O–H groups in total. The van der Waals surface area contributed by atoms with Gasteiger partial charge in [0.1, 0.15) is 0 Å². The highest BCUT2D eigenvalue weighted by Crippen LogP contribution is 2.23. The number of hydrogen-bond acceptors (Lipinski definition) is 3. The maximum Gasteiger partial charge on any atom is 0.0604 e. The summed E-state index contributed by atoms with van der Waals surface area (Å²) in [4.78, 5) is 0. The molecular formula is C11H23NO2. The van der Waals surface area contributed by atoms with Crippen molar-refractivity contribution in [2.24, 2.45) is 5.92 Å². The number of rotatable bonds is 7. The van der Waals surface area contributed by atoms with Gasteiger partial charge in [-0.05, 0) is 25.7 Å². The predicted octanol–water partition coefficient (Wildman–Crippen LogP) is 1.43. The highest BCUT2D eigenvalue weighted by atomic mass is 16.5. The molecule has 3 nitrogen and oxygen atoms in total. The molecule has 1 aliphatic rings. The minimum absolute atomic E-state index is 0.509. The van der Waals surface area contributed by atoms with E-state index >= 15 is 0 Å². The van der Waals surface area contributed by atoms with E-state index in [9.17, 15) is 0 Å². The first-order valence-electron chi connectivity index (χ1n) is 5.60. The van der Waals surface area contributed by atoms with Crippen LogP contribution in [0.2, 0.25) is 0 Å². The van der Waals surface area contributed by atoms with E-state index in [1.165, 1.54) is 12.8 Å². The molecule has 14 heavy (non-hydrogen) atoms. The van der Waals surface area contributed by atoms with Gasteiger partial charge in [0, 0.05) is 32.9 Å². The molecule has 0 amide bonds. The molecule has 1 unspecified atom stereocenters. The summed E-state index contributed by atoms with van der Waals surface area (Å²) < 4.78 is 10.6. The second kappa shape index (κ2) is 6.38. The number of hydrogen-bond donors (Lipinski definition) is 1. The summed E-state index contributed by atoms with van der Waals surface area (Å²) in [5, 5.41) is 3.53. The van der Waals surface area contributed by atoms with Crippen LogP contribution >= 0.6 is 0 Å². The Bertz CT molecular complexity index is 146. The zero-order valence-corrected chi connectivity index (χ0v) is 9.58. The molecule has 0 aromatic carbocycles. The van der Waals surface area contributed by atoms with Crippen molar-refractivity contribution in [3.8, 4) is 0 Å². The molecule has 1 saturated carbocycles. The predicted molar refractivity (Wildman–Crippen MR) is 57.5 cm³/mol. The number of nitrogens with one attached hydrogen (secondary N) is 1. The number of ether oxygens (including phenoxy) is 2. The van der Waals surface area contributed by atoms with E-state index in [1.54, 1.807) is 7.11 Å². The average Bonchev–Trinajstić information content (AvgIpc) is 2.09. The Morgan fingerprint density at radius 2 is 2.14 bits per heavy atom.